The summed E-state index contributed by atoms with van der Waals surface area (Å²) in [7, 11) is -1.59. The lowest BCUT2D eigenvalue weighted by Gasteiger charge is -2.35. The Morgan fingerprint density at radius 2 is 1.65 bits per heavy atom. The van der Waals surface area contributed by atoms with Crippen molar-refractivity contribution in [2.45, 2.75) is 17.9 Å². The van der Waals surface area contributed by atoms with Gasteiger partial charge in [-0.25, -0.2) is 8.42 Å². The molecule has 0 spiro atoms. The van der Waals surface area contributed by atoms with Gasteiger partial charge in [0, 0.05) is 65.3 Å². The maximum atomic E-state index is 14.0. The van der Waals surface area contributed by atoms with Crippen molar-refractivity contribution >= 4 is 20.8 Å². The Kier molecular flexibility index (Phi) is 7.82. The van der Waals surface area contributed by atoms with E-state index in [1.54, 1.807) is 10.4 Å². The molecule has 2 aliphatic rings. The highest BCUT2D eigenvalue weighted by Gasteiger charge is 2.29. The zero-order chi connectivity index (χ0) is 25.7. The van der Waals surface area contributed by atoms with Crippen molar-refractivity contribution in [3.05, 3.63) is 103 Å². The Hall–Kier alpha value is -3.29. The molecular formula is C30H36N4O2S. The number of allylic oxidation sites excluding steroid dienone is 1. The smallest absolute Gasteiger partial charge is 0.243 e. The van der Waals surface area contributed by atoms with E-state index < -0.39 is 10.0 Å². The zero-order valence-corrected chi connectivity index (χ0v) is 22.3. The third-order valence-corrected chi connectivity index (χ3v) is 9.10. The summed E-state index contributed by atoms with van der Waals surface area (Å²) in [6, 6.07) is 23.8. The first-order chi connectivity index (χ1) is 18.0. The van der Waals surface area contributed by atoms with E-state index in [1.807, 2.05) is 42.5 Å². The molecule has 0 aliphatic carbocycles. The van der Waals surface area contributed by atoms with Gasteiger partial charge in [-0.05, 0) is 47.0 Å². The summed E-state index contributed by atoms with van der Waals surface area (Å²) in [6.07, 6.45) is 9.33. The minimum atomic E-state index is -3.65. The van der Waals surface area contributed by atoms with Crippen LogP contribution in [-0.2, 0) is 16.6 Å². The van der Waals surface area contributed by atoms with Gasteiger partial charge in [0.25, 0.3) is 0 Å². The first kappa shape index (κ1) is 25.4. The van der Waals surface area contributed by atoms with E-state index in [0.29, 0.717) is 24.5 Å². The molecule has 0 unspecified atom stereocenters. The molecule has 6 nitrogen and oxygen atoms in total. The van der Waals surface area contributed by atoms with Crippen LogP contribution in [0.25, 0.3) is 10.8 Å². The minimum absolute atomic E-state index is 0.229. The fourth-order valence-corrected chi connectivity index (χ4v) is 6.62. The molecule has 0 saturated heterocycles. The van der Waals surface area contributed by atoms with E-state index >= 15 is 0 Å². The second-order valence-corrected chi connectivity index (χ2v) is 12.0. The Morgan fingerprint density at radius 3 is 2.43 bits per heavy atom. The number of fused-ring (bicyclic) bond motifs is 1. The van der Waals surface area contributed by atoms with Crippen molar-refractivity contribution in [1.82, 2.24) is 19.0 Å². The first-order valence-electron chi connectivity index (χ1n) is 13.0. The van der Waals surface area contributed by atoms with E-state index in [2.05, 4.69) is 70.7 Å². The van der Waals surface area contributed by atoms with E-state index in [-0.39, 0.29) is 5.92 Å². The summed E-state index contributed by atoms with van der Waals surface area (Å²) in [5.74, 6) is 0.229. The zero-order valence-electron chi connectivity index (χ0n) is 21.5. The molecular weight excluding hydrogens is 480 g/mol. The van der Waals surface area contributed by atoms with Crippen LogP contribution in [0.15, 0.2) is 102 Å². The van der Waals surface area contributed by atoms with Crippen LogP contribution in [0.2, 0.25) is 0 Å². The number of likely N-dealkylation sites (N-methyl/N-ethyl adjacent to an activating group) is 1. The monoisotopic (exact) mass is 516 g/mol. The van der Waals surface area contributed by atoms with Gasteiger partial charge in [0.15, 0.2) is 0 Å². The Labute approximate surface area is 221 Å². The standard InChI is InChI=1S/C30H36N4O2S/c1-31-16-18-32(19-17-31)20-21-34(37(35,36)30-14-13-28-11-5-6-12-29(28)22-30)25-27-10-7-15-33(24-27)23-26-8-3-2-4-9-26/h2-9,11-16,18,22,27H,10,17,19-21,23-25H2,1H3/t27-/m0/s1. The van der Waals surface area contributed by atoms with Crippen molar-refractivity contribution in [3.63, 3.8) is 0 Å². The van der Waals surface area contributed by atoms with Gasteiger partial charge < -0.3 is 14.7 Å². The molecule has 0 saturated carbocycles. The topological polar surface area (TPSA) is 47.1 Å². The molecule has 0 fully saturated rings. The van der Waals surface area contributed by atoms with Crippen molar-refractivity contribution in [1.29, 1.82) is 0 Å². The molecule has 0 aromatic heterocycles. The van der Waals surface area contributed by atoms with Crippen LogP contribution in [0.5, 0.6) is 0 Å². The molecule has 37 heavy (non-hydrogen) atoms. The molecule has 5 rings (SSSR count). The van der Waals surface area contributed by atoms with Crippen LogP contribution in [0, 0.1) is 5.92 Å². The predicted molar refractivity (Wildman–Crippen MR) is 150 cm³/mol. The number of nitrogens with zero attached hydrogens (tertiary/aromatic N) is 4. The van der Waals surface area contributed by atoms with Crippen LogP contribution in [0.4, 0.5) is 0 Å². The van der Waals surface area contributed by atoms with Crippen LogP contribution in [0.1, 0.15) is 12.0 Å². The van der Waals surface area contributed by atoms with Gasteiger partial charge in [-0.3, -0.25) is 0 Å². The number of sulfonamides is 1. The van der Waals surface area contributed by atoms with Gasteiger partial charge in [0.2, 0.25) is 10.0 Å². The molecule has 1 atom stereocenters. The van der Waals surface area contributed by atoms with E-state index in [4.69, 9.17) is 0 Å². The molecule has 2 aliphatic heterocycles. The summed E-state index contributed by atoms with van der Waals surface area (Å²) in [6.45, 7) is 5.14. The fraction of sp³-hybridized carbons (Fsp3) is 0.333. The van der Waals surface area contributed by atoms with Crippen LogP contribution in [-0.4, -0.2) is 73.7 Å². The third kappa shape index (κ3) is 6.35. The van der Waals surface area contributed by atoms with Gasteiger partial charge in [-0.2, -0.15) is 4.31 Å². The quantitative estimate of drug-likeness (QED) is 0.417. The first-order valence-corrected chi connectivity index (χ1v) is 14.5. The molecule has 0 bridgehead atoms. The summed E-state index contributed by atoms with van der Waals surface area (Å²) < 4.78 is 29.7. The van der Waals surface area contributed by atoms with Crippen LogP contribution >= 0.6 is 0 Å². The molecule has 0 radical (unpaired) electrons. The minimum Gasteiger partial charge on any atom is -0.377 e. The summed E-state index contributed by atoms with van der Waals surface area (Å²) in [5.41, 5.74) is 1.26. The molecule has 2 heterocycles. The number of benzene rings is 3. The van der Waals surface area contributed by atoms with Gasteiger partial charge >= 0.3 is 0 Å². The second kappa shape index (κ2) is 11.4. The summed E-state index contributed by atoms with van der Waals surface area (Å²) in [5, 5.41) is 1.99. The number of hydrogen-bond donors (Lipinski definition) is 0. The van der Waals surface area contributed by atoms with Crippen LogP contribution < -0.4 is 0 Å². The lowest BCUT2D eigenvalue weighted by atomic mass is 10.0. The highest BCUT2D eigenvalue weighted by atomic mass is 32.2. The molecule has 194 valence electrons. The van der Waals surface area contributed by atoms with Gasteiger partial charge in [-0.15, -0.1) is 0 Å². The average molecular weight is 517 g/mol. The third-order valence-electron chi connectivity index (χ3n) is 7.24. The van der Waals surface area contributed by atoms with Gasteiger partial charge in [-0.1, -0.05) is 66.7 Å². The Morgan fingerprint density at radius 1 is 0.865 bits per heavy atom. The van der Waals surface area contributed by atoms with Crippen molar-refractivity contribution in [2.75, 3.05) is 46.3 Å². The van der Waals surface area contributed by atoms with Crippen LogP contribution in [0.3, 0.4) is 0 Å². The molecule has 7 heteroatoms. The highest BCUT2D eigenvalue weighted by molar-refractivity contribution is 7.89. The van der Waals surface area contributed by atoms with E-state index in [9.17, 15) is 8.42 Å². The van der Waals surface area contributed by atoms with Gasteiger partial charge in [0.1, 0.15) is 0 Å². The molecule has 3 aromatic rings. The maximum Gasteiger partial charge on any atom is 0.243 e. The molecule has 0 N–H and O–H groups in total. The van der Waals surface area contributed by atoms with Crippen molar-refractivity contribution < 1.29 is 8.42 Å². The SMILES string of the molecule is CN1C=CN(CCN(C[C@H]2CC=CN(Cc3ccccc3)C2)S(=O)(=O)c2ccc3ccccc3c2)CC1. The molecule has 3 aromatic carbocycles. The van der Waals surface area contributed by atoms with E-state index in [1.165, 1.54) is 5.56 Å². The number of rotatable bonds is 9. The second-order valence-electron chi connectivity index (χ2n) is 10.1. The van der Waals surface area contributed by atoms with Crippen molar-refractivity contribution in [2.24, 2.45) is 5.92 Å². The predicted octanol–water partition coefficient (Wildman–Crippen LogP) is 4.58. The van der Waals surface area contributed by atoms with E-state index in [0.717, 1.165) is 43.4 Å². The highest BCUT2D eigenvalue weighted by Crippen LogP contribution is 2.25. The lowest BCUT2D eigenvalue weighted by Crippen LogP contribution is -2.44. The largest absolute Gasteiger partial charge is 0.377 e. The average Bonchev–Trinajstić information content (AvgIpc) is 2.92. The Bertz CT molecular complexity index is 1360. The van der Waals surface area contributed by atoms with Gasteiger partial charge in [0.05, 0.1) is 4.90 Å². The number of hydrogen-bond acceptors (Lipinski definition) is 5. The van der Waals surface area contributed by atoms with Crippen molar-refractivity contribution in [3.8, 4) is 0 Å². The summed E-state index contributed by atoms with van der Waals surface area (Å²) in [4.78, 5) is 7.03. The fourth-order valence-electron chi connectivity index (χ4n) is 5.08. The Balaban J connectivity index is 1.35. The maximum absolute atomic E-state index is 14.0. The summed E-state index contributed by atoms with van der Waals surface area (Å²) >= 11 is 0. The normalized spacial score (nSPS) is 18.2. The molecule has 0 amide bonds. The lowest BCUT2D eigenvalue weighted by molar-refractivity contribution is 0.225.